The average Bonchev–Trinajstić information content (AvgIpc) is 2.38. The normalized spacial score (nSPS) is 13.7. The Hall–Kier alpha value is -1.40. The van der Waals surface area contributed by atoms with E-state index in [0.29, 0.717) is 4.47 Å². The van der Waals surface area contributed by atoms with Crippen molar-refractivity contribution in [3.8, 4) is 0 Å². The molecule has 1 amide bonds. The molecule has 0 aliphatic rings. The lowest BCUT2D eigenvalue weighted by Gasteiger charge is -2.19. The summed E-state index contributed by atoms with van der Waals surface area (Å²) in [6.07, 6.45) is 0.774. The quantitative estimate of drug-likeness (QED) is 0.774. The van der Waals surface area contributed by atoms with E-state index in [1.165, 1.54) is 6.07 Å². The highest BCUT2D eigenvalue weighted by Crippen LogP contribution is 2.27. The number of carbonyl (C=O) groups is 2. The second-order valence-corrected chi connectivity index (χ2v) is 5.22. The van der Waals surface area contributed by atoms with E-state index >= 15 is 0 Å². The van der Waals surface area contributed by atoms with Crippen molar-refractivity contribution in [3.63, 3.8) is 0 Å². The monoisotopic (exact) mass is 328 g/mol. The molecular weight excluding hydrogens is 312 g/mol. The van der Waals surface area contributed by atoms with Gasteiger partial charge in [-0.05, 0) is 34.0 Å². The van der Waals surface area contributed by atoms with Crippen LogP contribution in [0.5, 0.6) is 0 Å². The van der Waals surface area contributed by atoms with Gasteiger partial charge in [0.25, 0.3) is 0 Å². The number of carboxylic acids is 1. The van der Waals surface area contributed by atoms with Crippen LogP contribution in [0.15, 0.2) is 22.7 Å². The number of anilines is 1. The number of nitrogens with two attached hydrogens (primary N) is 1. The number of para-hydroxylation sites is 1. The molecule has 0 aromatic heterocycles. The summed E-state index contributed by atoms with van der Waals surface area (Å²) in [5.41, 5.74) is 6.08. The van der Waals surface area contributed by atoms with E-state index in [2.05, 4.69) is 21.2 Å². The Labute approximate surface area is 120 Å². The summed E-state index contributed by atoms with van der Waals surface area (Å²) in [4.78, 5) is 23.1. The van der Waals surface area contributed by atoms with Crippen molar-refractivity contribution < 1.29 is 14.7 Å². The van der Waals surface area contributed by atoms with Crippen molar-refractivity contribution in [1.82, 2.24) is 0 Å². The Morgan fingerprint density at radius 1 is 1.47 bits per heavy atom. The van der Waals surface area contributed by atoms with Crippen LogP contribution in [0, 0.1) is 5.92 Å². The number of carboxylic acid groups (broad SMARTS) is 1. The number of rotatable bonds is 5. The van der Waals surface area contributed by atoms with Crippen LogP contribution in [0.2, 0.25) is 0 Å². The van der Waals surface area contributed by atoms with E-state index in [0.717, 1.165) is 6.42 Å². The van der Waals surface area contributed by atoms with E-state index in [9.17, 15) is 9.59 Å². The summed E-state index contributed by atoms with van der Waals surface area (Å²) in [5, 5.41) is 11.7. The van der Waals surface area contributed by atoms with Crippen LogP contribution >= 0.6 is 15.9 Å². The second kappa shape index (κ2) is 6.68. The van der Waals surface area contributed by atoms with E-state index in [1.54, 1.807) is 12.1 Å². The smallest absolute Gasteiger partial charge is 0.337 e. The Morgan fingerprint density at radius 3 is 2.63 bits per heavy atom. The van der Waals surface area contributed by atoms with Gasteiger partial charge in [0, 0.05) is 4.47 Å². The fraction of sp³-hybridized carbons (Fsp3) is 0.385. The summed E-state index contributed by atoms with van der Waals surface area (Å²) in [6, 6.07) is 4.02. The Balaban J connectivity index is 2.99. The SMILES string of the molecule is CCC(C)[C@H](N)C(=O)Nc1c(Br)cccc1C(=O)O. The number of carbonyl (C=O) groups excluding carboxylic acids is 1. The minimum Gasteiger partial charge on any atom is -0.478 e. The zero-order valence-electron chi connectivity index (χ0n) is 10.8. The summed E-state index contributed by atoms with van der Waals surface area (Å²) >= 11 is 3.23. The van der Waals surface area contributed by atoms with E-state index in [1.807, 2.05) is 13.8 Å². The molecule has 0 bridgehead atoms. The van der Waals surface area contributed by atoms with Gasteiger partial charge in [-0.1, -0.05) is 26.3 Å². The zero-order chi connectivity index (χ0) is 14.6. The number of benzene rings is 1. The van der Waals surface area contributed by atoms with E-state index in [-0.39, 0.29) is 23.1 Å². The van der Waals surface area contributed by atoms with Crippen molar-refractivity contribution in [2.45, 2.75) is 26.3 Å². The number of aromatic carboxylic acids is 1. The third-order valence-electron chi connectivity index (χ3n) is 3.05. The zero-order valence-corrected chi connectivity index (χ0v) is 12.4. The molecule has 0 heterocycles. The molecule has 4 N–H and O–H groups in total. The molecule has 0 fully saturated rings. The van der Waals surface area contributed by atoms with Crippen molar-refractivity contribution in [2.24, 2.45) is 11.7 Å². The molecule has 0 spiro atoms. The molecule has 19 heavy (non-hydrogen) atoms. The Kier molecular flexibility index (Phi) is 5.50. The first-order chi connectivity index (χ1) is 8.88. The highest BCUT2D eigenvalue weighted by atomic mass is 79.9. The first kappa shape index (κ1) is 15.7. The topological polar surface area (TPSA) is 92.4 Å². The number of hydrogen-bond donors (Lipinski definition) is 3. The Morgan fingerprint density at radius 2 is 2.11 bits per heavy atom. The van der Waals surface area contributed by atoms with Gasteiger partial charge in [0.05, 0.1) is 17.3 Å². The molecule has 104 valence electrons. The third-order valence-corrected chi connectivity index (χ3v) is 3.71. The molecule has 1 unspecified atom stereocenters. The van der Waals surface area contributed by atoms with Crippen molar-refractivity contribution in [3.05, 3.63) is 28.2 Å². The van der Waals surface area contributed by atoms with E-state index < -0.39 is 12.0 Å². The summed E-state index contributed by atoms with van der Waals surface area (Å²) < 4.78 is 0.511. The summed E-state index contributed by atoms with van der Waals surface area (Å²) in [7, 11) is 0. The molecular formula is C13H17BrN2O3. The maximum absolute atomic E-state index is 12.0. The van der Waals surface area contributed by atoms with Gasteiger partial charge in [-0.25, -0.2) is 4.79 Å². The fourth-order valence-corrected chi connectivity index (χ4v) is 2.01. The minimum atomic E-state index is -1.10. The van der Waals surface area contributed by atoms with Gasteiger partial charge >= 0.3 is 5.97 Å². The Bertz CT molecular complexity index is 491. The fourth-order valence-electron chi connectivity index (χ4n) is 1.55. The molecule has 0 saturated heterocycles. The van der Waals surface area contributed by atoms with Crippen molar-refractivity contribution in [2.75, 3.05) is 5.32 Å². The van der Waals surface area contributed by atoms with Gasteiger partial charge < -0.3 is 16.2 Å². The molecule has 0 saturated carbocycles. The number of halogens is 1. The lowest BCUT2D eigenvalue weighted by atomic mass is 9.99. The van der Waals surface area contributed by atoms with Crippen LogP contribution in [-0.4, -0.2) is 23.0 Å². The second-order valence-electron chi connectivity index (χ2n) is 4.37. The highest BCUT2D eigenvalue weighted by Gasteiger charge is 2.22. The average molecular weight is 329 g/mol. The maximum Gasteiger partial charge on any atom is 0.337 e. The molecule has 1 aromatic carbocycles. The van der Waals surface area contributed by atoms with Crippen LogP contribution in [-0.2, 0) is 4.79 Å². The first-order valence-electron chi connectivity index (χ1n) is 5.96. The molecule has 6 heteroatoms. The predicted octanol–water partition coefficient (Wildman–Crippen LogP) is 2.46. The molecule has 1 aromatic rings. The lowest BCUT2D eigenvalue weighted by Crippen LogP contribution is -2.41. The first-order valence-corrected chi connectivity index (χ1v) is 6.76. The molecule has 0 aliphatic heterocycles. The molecule has 0 radical (unpaired) electrons. The standard InChI is InChI=1S/C13H17BrN2O3/c1-3-7(2)10(15)12(17)16-11-8(13(18)19)5-4-6-9(11)14/h4-7,10H,3,15H2,1-2H3,(H,16,17)(H,18,19)/t7?,10-/m0/s1. The molecule has 1 rings (SSSR count). The van der Waals surface area contributed by atoms with Crippen LogP contribution in [0.4, 0.5) is 5.69 Å². The van der Waals surface area contributed by atoms with Crippen molar-refractivity contribution in [1.29, 1.82) is 0 Å². The van der Waals surface area contributed by atoms with Gasteiger partial charge in [0.2, 0.25) is 5.91 Å². The molecule has 5 nitrogen and oxygen atoms in total. The molecule has 0 aliphatic carbocycles. The van der Waals surface area contributed by atoms with Gasteiger partial charge in [0.15, 0.2) is 0 Å². The predicted molar refractivity (Wildman–Crippen MR) is 77.2 cm³/mol. The number of hydrogen-bond acceptors (Lipinski definition) is 3. The van der Waals surface area contributed by atoms with Gasteiger partial charge in [-0.3, -0.25) is 4.79 Å². The van der Waals surface area contributed by atoms with Crippen LogP contribution in [0.3, 0.4) is 0 Å². The van der Waals surface area contributed by atoms with Gasteiger partial charge in [0.1, 0.15) is 0 Å². The number of nitrogens with one attached hydrogen (secondary N) is 1. The van der Waals surface area contributed by atoms with Crippen LogP contribution in [0.25, 0.3) is 0 Å². The summed E-state index contributed by atoms with van der Waals surface area (Å²) in [6.45, 7) is 3.82. The van der Waals surface area contributed by atoms with Gasteiger partial charge in [-0.2, -0.15) is 0 Å². The highest BCUT2D eigenvalue weighted by molar-refractivity contribution is 9.10. The maximum atomic E-state index is 12.0. The van der Waals surface area contributed by atoms with Crippen LogP contribution in [0.1, 0.15) is 30.6 Å². The largest absolute Gasteiger partial charge is 0.478 e. The molecule has 2 atom stereocenters. The lowest BCUT2D eigenvalue weighted by molar-refractivity contribution is -0.118. The van der Waals surface area contributed by atoms with Crippen molar-refractivity contribution >= 4 is 33.5 Å². The van der Waals surface area contributed by atoms with E-state index in [4.69, 9.17) is 10.8 Å². The third kappa shape index (κ3) is 3.78. The summed E-state index contributed by atoms with van der Waals surface area (Å²) in [5.74, 6) is -1.46. The van der Waals surface area contributed by atoms with Gasteiger partial charge in [-0.15, -0.1) is 0 Å². The van der Waals surface area contributed by atoms with Crippen LogP contribution < -0.4 is 11.1 Å². The number of amides is 1. The minimum absolute atomic E-state index is 0.0239.